The number of nitrogens with one attached hydrogen (secondary N) is 1. The van der Waals surface area contributed by atoms with Crippen molar-refractivity contribution in [2.24, 2.45) is 5.84 Å². The molecule has 1 heterocycles. The molecule has 3 aromatic rings. The van der Waals surface area contributed by atoms with Crippen molar-refractivity contribution in [1.82, 2.24) is 0 Å². The summed E-state index contributed by atoms with van der Waals surface area (Å²) >= 11 is 0. The highest BCUT2D eigenvalue weighted by Gasteiger charge is 2.07. The molecule has 0 aliphatic heterocycles. The first-order valence-electron chi connectivity index (χ1n) is 5.88. The fourth-order valence-corrected chi connectivity index (χ4v) is 2.02. The lowest BCUT2D eigenvalue weighted by Gasteiger charge is -2.04. The van der Waals surface area contributed by atoms with E-state index in [-0.39, 0.29) is 18.0 Å². The van der Waals surface area contributed by atoms with Gasteiger partial charge in [-0.3, -0.25) is 5.84 Å². The summed E-state index contributed by atoms with van der Waals surface area (Å²) in [6.07, 6.45) is 0. The molecule has 0 atom stereocenters. The van der Waals surface area contributed by atoms with Crippen molar-refractivity contribution in [3.05, 3.63) is 65.0 Å². The maximum atomic E-state index is 12.0. The summed E-state index contributed by atoms with van der Waals surface area (Å²) in [5, 5.41) is 0.859. The minimum absolute atomic E-state index is 0. The highest BCUT2D eigenvalue weighted by Crippen LogP contribution is 2.22. The zero-order valence-corrected chi connectivity index (χ0v) is 11.3. The number of benzene rings is 2. The van der Waals surface area contributed by atoms with Gasteiger partial charge in [-0.2, -0.15) is 0 Å². The molecular formula is C15H13ClN2O2. The van der Waals surface area contributed by atoms with Crippen LogP contribution in [0.5, 0.6) is 0 Å². The van der Waals surface area contributed by atoms with Crippen LogP contribution in [0.4, 0.5) is 5.69 Å². The van der Waals surface area contributed by atoms with Gasteiger partial charge in [-0.05, 0) is 23.8 Å². The molecule has 2 aromatic carbocycles. The van der Waals surface area contributed by atoms with E-state index in [0.29, 0.717) is 16.8 Å². The lowest BCUT2D eigenvalue weighted by atomic mass is 10.1. The van der Waals surface area contributed by atoms with E-state index in [9.17, 15) is 4.79 Å². The van der Waals surface area contributed by atoms with Crippen LogP contribution >= 0.6 is 12.4 Å². The van der Waals surface area contributed by atoms with E-state index in [0.717, 1.165) is 10.9 Å². The van der Waals surface area contributed by atoms with E-state index in [1.807, 2.05) is 48.5 Å². The van der Waals surface area contributed by atoms with Crippen molar-refractivity contribution in [2.75, 3.05) is 5.43 Å². The van der Waals surface area contributed by atoms with Gasteiger partial charge in [0.2, 0.25) is 0 Å². The first-order chi connectivity index (χ1) is 9.28. The second kappa shape index (κ2) is 5.77. The summed E-state index contributed by atoms with van der Waals surface area (Å²) < 4.78 is 5.34. The molecule has 0 aliphatic carbocycles. The van der Waals surface area contributed by atoms with Crippen LogP contribution in [-0.4, -0.2) is 0 Å². The van der Waals surface area contributed by atoms with Crippen LogP contribution in [0, 0.1) is 0 Å². The van der Waals surface area contributed by atoms with Gasteiger partial charge in [-0.1, -0.05) is 30.3 Å². The van der Waals surface area contributed by atoms with Crippen molar-refractivity contribution in [3.63, 3.8) is 0 Å². The van der Waals surface area contributed by atoms with E-state index >= 15 is 0 Å². The Balaban J connectivity index is 0.00000147. The van der Waals surface area contributed by atoms with E-state index in [1.54, 1.807) is 6.07 Å². The van der Waals surface area contributed by atoms with Gasteiger partial charge in [0.15, 0.2) is 0 Å². The number of nitrogens with two attached hydrogens (primary N) is 1. The van der Waals surface area contributed by atoms with Crippen molar-refractivity contribution in [2.45, 2.75) is 0 Å². The fourth-order valence-electron chi connectivity index (χ4n) is 2.02. The second-order valence-corrected chi connectivity index (χ2v) is 4.21. The van der Waals surface area contributed by atoms with Crippen LogP contribution < -0.4 is 16.9 Å². The van der Waals surface area contributed by atoms with Crippen LogP contribution in [0.2, 0.25) is 0 Å². The number of hydrogen-bond acceptors (Lipinski definition) is 4. The molecule has 4 nitrogen and oxygen atoms in total. The molecule has 0 bridgehead atoms. The lowest BCUT2D eigenvalue weighted by molar-refractivity contribution is 0.563. The predicted molar refractivity (Wildman–Crippen MR) is 83.0 cm³/mol. The largest absolute Gasteiger partial charge is 0.422 e. The van der Waals surface area contributed by atoms with Crippen molar-refractivity contribution >= 4 is 29.1 Å². The minimum atomic E-state index is -0.354. The summed E-state index contributed by atoms with van der Waals surface area (Å²) in [5.74, 6) is 5.33. The Kier molecular flexibility index (Phi) is 4.08. The van der Waals surface area contributed by atoms with Gasteiger partial charge in [-0.25, -0.2) is 4.79 Å². The van der Waals surface area contributed by atoms with E-state index in [1.165, 1.54) is 0 Å². The van der Waals surface area contributed by atoms with Crippen LogP contribution in [0.25, 0.3) is 22.1 Å². The smallest absolute Gasteiger partial charge is 0.344 e. The summed E-state index contributed by atoms with van der Waals surface area (Å²) in [6, 6.07) is 16.7. The fraction of sp³-hybridized carbons (Fsp3) is 0. The lowest BCUT2D eigenvalue weighted by Crippen LogP contribution is -2.07. The number of rotatable bonds is 2. The third-order valence-corrected chi connectivity index (χ3v) is 2.99. The average molecular weight is 289 g/mol. The Morgan fingerprint density at radius 1 is 1.00 bits per heavy atom. The number of hydrazine groups is 1. The molecule has 1 aromatic heterocycles. The number of nitrogen functional groups attached to an aromatic ring is 1. The number of halogens is 1. The Hall–Kier alpha value is -2.30. The van der Waals surface area contributed by atoms with Gasteiger partial charge in [0.1, 0.15) is 5.58 Å². The molecule has 0 saturated carbocycles. The Morgan fingerprint density at radius 2 is 1.75 bits per heavy atom. The highest BCUT2D eigenvalue weighted by molar-refractivity contribution is 5.85. The van der Waals surface area contributed by atoms with Crippen LogP contribution in [0.15, 0.2) is 63.8 Å². The summed E-state index contributed by atoms with van der Waals surface area (Å²) in [7, 11) is 0. The first-order valence-corrected chi connectivity index (χ1v) is 5.88. The summed E-state index contributed by atoms with van der Waals surface area (Å²) in [4.78, 5) is 12.0. The quantitative estimate of drug-likeness (QED) is 0.432. The van der Waals surface area contributed by atoms with E-state index in [4.69, 9.17) is 10.3 Å². The number of fused-ring (bicyclic) bond motifs is 1. The topological polar surface area (TPSA) is 68.3 Å². The Bertz CT molecular complexity index is 785. The van der Waals surface area contributed by atoms with Gasteiger partial charge in [0, 0.05) is 11.5 Å². The molecule has 0 radical (unpaired) electrons. The highest BCUT2D eigenvalue weighted by atomic mass is 35.5. The molecule has 0 amide bonds. The third-order valence-electron chi connectivity index (χ3n) is 2.99. The monoisotopic (exact) mass is 288 g/mol. The molecule has 0 aliphatic rings. The molecule has 0 unspecified atom stereocenters. The molecule has 102 valence electrons. The Morgan fingerprint density at radius 3 is 2.45 bits per heavy atom. The van der Waals surface area contributed by atoms with Crippen molar-refractivity contribution in [3.8, 4) is 11.1 Å². The molecule has 0 fully saturated rings. The molecule has 0 saturated heterocycles. The zero-order chi connectivity index (χ0) is 13.2. The Labute approximate surface area is 121 Å². The summed E-state index contributed by atoms with van der Waals surface area (Å²) in [5.41, 5.74) is 4.78. The standard InChI is InChI=1S/C15H12N2O2.ClH/c16-17-12-7-6-11-8-13(10-4-2-1-3-5-10)15(18)19-14(11)9-12;/h1-9,17H,16H2;1H. The second-order valence-electron chi connectivity index (χ2n) is 4.21. The molecule has 3 rings (SSSR count). The minimum Gasteiger partial charge on any atom is -0.422 e. The van der Waals surface area contributed by atoms with Gasteiger partial charge in [-0.15, -0.1) is 12.4 Å². The maximum absolute atomic E-state index is 12.0. The number of anilines is 1. The zero-order valence-electron chi connectivity index (χ0n) is 10.5. The van der Waals surface area contributed by atoms with Crippen LogP contribution in [-0.2, 0) is 0 Å². The van der Waals surface area contributed by atoms with Crippen LogP contribution in [0.1, 0.15) is 0 Å². The van der Waals surface area contributed by atoms with Crippen molar-refractivity contribution in [1.29, 1.82) is 0 Å². The predicted octanol–water partition coefficient (Wildman–Crippen LogP) is 3.17. The normalized spacial score (nSPS) is 10.1. The van der Waals surface area contributed by atoms with Crippen molar-refractivity contribution < 1.29 is 4.42 Å². The van der Waals surface area contributed by atoms with Gasteiger partial charge < -0.3 is 9.84 Å². The molecule has 5 heteroatoms. The van der Waals surface area contributed by atoms with Crippen LogP contribution in [0.3, 0.4) is 0 Å². The molecular weight excluding hydrogens is 276 g/mol. The molecule has 0 spiro atoms. The SMILES string of the molecule is Cl.NNc1ccc2cc(-c3ccccc3)c(=O)oc2c1. The third kappa shape index (κ3) is 2.52. The van der Waals surface area contributed by atoms with E-state index < -0.39 is 0 Å². The summed E-state index contributed by atoms with van der Waals surface area (Å²) in [6.45, 7) is 0. The van der Waals surface area contributed by atoms with Gasteiger partial charge in [0.25, 0.3) is 0 Å². The van der Waals surface area contributed by atoms with Gasteiger partial charge in [0.05, 0.1) is 11.3 Å². The average Bonchev–Trinajstić information content (AvgIpc) is 2.47. The number of hydrogen-bond donors (Lipinski definition) is 2. The first kappa shape index (κ1) is 14.1. The van der Waals surface area contributed by atoms with E-state index in [2.05, 4.69) is 5.43 Å². The van der Waals surface area contributed by atoms with Gasteiger partial charge >= 0.3 is 5.63 Å². The maximum Gasteiger partial charge on any atom is 0.344 e. The molecule has 3 N–H and O–H groups in total. The molecule has 20 heavy (non-hydrogen) atoms.